The smallest absolute Gasteiger partial charge is 0.192 e. The Morgan fingerprint density at radius 1 is 1.36 bits per heavy atom. The third-order valence-corrected chi connectivity index (χ3v) is 1.85. The van der Waals surface area contributed by atoms with Crippen molar-refractivity contribution >= 4 is 10.9 Å². The molecule has 0 saturated carbocycles. The molecule has 1 aromatic heterocycles. The fourth-order valence-electron chi connectivity index (χ4n) is 1.27. The van der Waals surface area contributed by atoms with Crippen LogP contribution in [-0.2, 0) is 0 Å². The molecule has 0 aliphatic heterocycles. The Balaban J connectivity index is 2.90. The third kappa shape index (κ3) is 0.909. The average Bonchev–Trinajstić information content (AvgIpc) is 2.31. The van der Waals surface area contributed by atoms with Crippen molar-refractivity contribution in [2.45, 2.75) is 6.92 Å². The van der Waals surface area contributed by atoms with Gasteiger partial charge in [-0.25, -0.2) is 0 Å². The molecule has 0 bridgehead atoms. The molecular formula is C9H8FN. The average molecular weight is 149 g/mol. The molecule has 1 N–H and O–H groups in total. The van der Waals surface area contributed by atoms with E-state index in [-0.39, 0.29) is 5.95 Å². The first kappa shape index (κ1) is 6.40. The predicted octanol–water partition coefficient (Wildman–Crippen LogP) is 2.62. The van der Waals surface area contributed by atoms with Gasteiger partial charge in [0, 0.05) is 17.0 Å². The van der Waals surface area contributed by atoms with Crippen LogP contribution in [0.25, 0.3) is 10.9 Å². The lowest BCUT2D eigenvalue weighted by Gasteiger charge is -1.91. The number of halogens is 1. The summed E-state index contributed by atoms with van der Waals surface area (Å²) in [7, 11) is 0. The summed E-state index contributed by atoms with van der Waals surface area (Å²) in [4.78, 5) is 2.63. The summed E-state index contributed by atoms with van der Waals surface area (Å²) >= 11 is 0. The Hall–Kier alpha value is -1.31. The quantitative estimate of drug-likeness (QED) is 0.592. The zero-order valence-corrected chi connectivity index (χ0v) is 6.19. The number of H-pyrrole nitrogens is 1. The molecule has 2 aromatic rings. The summed E-state index contributed by atoms with van der Waals surface area (Å²) in [5, 5.41) is 0.963. The maximum absolute atomic E-state index is 12.6. The molecule has 2 rings (SSSR count). The monoisotopic (exact) mass is 149 g/mol. The number of hydrogen-bond donors (Lipinski definition) is 1. The topological polar surface area (TPSA) is 15.8 Å². The molecule has 0 aliphatic carbocycles. The van der Waals surface area contributed by atoms with Crippen LogP contribution in [0.2, 0.25) is 0 Å². The van der Waals surface area contributed by atoms with Gasteiger partial charge in [-0.2, -0.15) is 4.39 Å². The molecule has 0 atom stereocenters. The van der Waals surface area contributed by atoms with Crippen LogP contribution in [-0.4, -0.2) is 4.98 Å². The molecule has 0 radical (unpaired) electrons. The SMILES string of the molecule is Cc1cccc2[nH]c(F)cc12. The first-order valence-electron chi connectivity index (χ1n) is 3.51. The van der Waals surface area contributed by atoms with Gasteiger partial charge in [0.05, 0.1) is 0 Å². The molecule has 1 heterocycles. The largest absolute Gasteiger partial charge is 0.331 e. The van der Waals surface area contributed by atoms with Crippen molar-refractivity contribution in [3.8, 4) is 0 Å². The summed E-state index contributed by atoms with van der Waals surface area (Å²) in [5.41, 5.74) is 1.96. The summed E-state index contributed by atoms with van der Waals surface area (Å²) in [5.74, 6) is -0.269. The van der Waals surface area contributed by atoms with Crippen molar-refractivity contribution in [1.82, 2.24) is 4.98 Å². The Bertz CT molecular complexity index is 389. The standard InChI is InChI=1S/C9H8FN/c1-6-3-2-4-8-7(6)5-9(10)11-8/h2-5,11H,1H3. The number of benzene rings is 1. The lowest BCUT2D eigenvalue weighted by molar-refractivity contribution is 0.595. The number of aryl methyl sites for hydroxylation is 1. The second kappa shape index (κ2) is 2.09. The van der Waals surface area contributed by atoms with Gasteiger partial charge in [-0.1, -0.05) is 12.1 Å². The zero-order chi connectivity index (χ0) is 7.84. The minimum Gasteiger partial charge on any atom is -0.331 e. The van der Waals surface area contributed by atoms with Crippen molar-refractivity contribution in [1.29, 1.82) is 0 Å². The van der Waals surface area contributed by atoms with E-state index < -0.39 is 0 Å². The van der Waals surface area contributed by atoms with Crippen LogP contribution in [0, 0.1) is 12.9 Å². The van der Waals surface area contributed by atoms with Crippen molar-refractivity contribution in [2.24, 2.45) is 0 Å². The van der Waals surface area contributed by atoms with Gasteiger partial charge in [0.15, 0.2) is 5.95 Å². The maximum Gasteiger partial charge on any atom is 0.192 e. The number of fused-ring (bicyclic) bond motifs is 1. The van der Waals surface area contributed by atoms with Gasteiger partial charge in [-0.3, -0.25) is 0 Å². The first-order valence-corrected chi connectivity index (χ1v) is 3.51. The summed E-state index contributed by atoms with van der Waals surface area (Å²) < 4.78 is 12.6. The number of hydrogen-bond acceptors (Lipinski definition) is 0. The van der Waals surface area contributed by atoms with Gasteiger partial charge in [0.1, 0.15) is 0 Å². The van der Waals surface area contributed by atoms with Crippen molar-refractivity contribution in [3.05, 3.63) is 35.8 Å². The van der Waals surface area contributed by atoms with E-state index in [1.165, 1.54) is 6.07 Å². The molecule has 56 valence electrons. The fourth-order valence-corrected chi connectivity index (χ4v) is 1.27. The van der Waals surface area contributed by atoms with Gasteiger partial charge in [-0.05, 0) is 18.6 Å². The van der Waals surface area contributed by atoms with E-state index in [1.54, 1.807) is 0 Å². The highest BCUT2D eigenvalue weighted by atomic mass is 19.1. The Morgan fingerprint density at radius 3 is 2.91 bits per heavy atom. The normalized spacial score (nSPS) is 10.7. The number of aromatic nitrogens is 1. The van der Waals surface area contributed by atoms with E-state index in [0.29, 0.717) is 0 Å². The molecule has 2 heteroatoms. The van der Waals surface area contributed by atoms with E-state index in [4.69, 9.17) is 0 Å². The van der Waals surface area contributed by atoms with Gasteiger partial charge in [0.25, 0.3) is 0 Å². The summed E-state index contributed by atoms with van der Waals surface area (Å²) in [6.07, 6.45) is 0. The zero-order valence-electron chi connectivity index (χ0n) is 6.19. The van der Waals surface area contributed by atoms with Crippen LogP contribution in [0.3, 0.4) is 0 Å². The molecule has 0 saturated heterocycles. The van der Waals surface area contributed by atoms with E-state index >= 15 is 0 Å². The van der Waals surface area contributed by atoms with Crippen molar-refractivity contribution in [3.63, 3.8) is 0 Å². The van der Waals surface area contributed by atoms with E-state index in [2.05, 4.69) is 4.98 Å². The Morgan fingerprint density at radius 2 is 2.18 bits per heavy atom. The minimum atomic E-state index is -0.269. The lowest BCUT2D eigenvalue weighted by atomic mass is 10.1. The fraction of sp³-hybridized carbons (Fsp3) is 0.111. The van der Waals surface area contributed by atoms with Crippen LogP contribution < -0.4 is 0 Å². The van der Waals surface area contributed by atoms with Crippen LogP contribution >= 0.6 is 0 Å². The van der Waals surface area contributed by atoms with Crippen LogP contribution in [0.5, 0.6) is 0 Å². The molecule has 1 nitrogen and oxygen atoms in total. The summed E-state index contributed by atoms with van der Waals surface area (Å²) in [6.45, 7) is 1.97. The second-order valence-electron chi connectivity index (χ2n) is 2.65. The van der Waals surface area contributed by atoms with E-state index in [9.17, 15) is 4.39 Å². The highest BCUT2D eigenvalue weighted by Gasteiger charge is 1.99. The number of aromatic amines is 1. The van der Waals surface area contributed by atoms with Crippen LogP contribution in [0.1, 0.15) is 5.56 Å². The van der Waals surface area contributed by atoms with Gasteiger partial charge in [-0.15, -0.1) is 0 Å². The molecule has 1 aromatic carbocycles. The van der Waals surface area contributed by atoms with Crippen molar-refractivity contribution in [2.75, 3.05) is 0 Å². The first-order chi connectivity index (χ1) is 5.27. The molecule has 0 unspecified atom stereocenters. The molecule has 0 aliphatic rings. The van der Waals surface area contributed by atoms with Gasteiger partial charge in [0.2, 0.25) is 0 Å². The molecule has 11 heavy (non-hydrogen) atoms. The highest BCUT2D eigenvalue weighted by molar-refractivity contribution is 5.82. The second-order valence-corrected chi connectivity index (χ2v) is 2.65. The molecular weight excluding hydrogens is 141 g/mol. The Labute approximate surface area is 63.9 Å². The maximum atomic E-state index is 12.6. The third-order valence-electron chi connectivity index (χ3n) is 1.85. The van der Waals surface area contributed by atoms with Crippen molar-refractivity contribution < 1.29 is 4.39 Å². The molecule has 0 fully saturated rings. The van der Waals surface area contributed by atoms with Crippen LogP contribution in [0.4, 0.5) is 4.39 Å². The predicted molar refractivity (Wildman–Crippen MR) is 43.0 cm³/mol. The highest BCUT2D eigenvalue weighted by Crippen LogP contribution is 2.17. The van der Waals surface area contributed by atoms with E-state index in [1.807, 2.05) is 25.1 Å². The Kier molecular flexibility index (Phi) is 1.22. The number of rotatable bonds is 0. The minimum absolute atomic E-state index is 0.269. The van der Waals surface area contributed by atoms with Gasteiger partial charge < -0.3 is 4.98 Å². The van der Waals surface area contributed by atoms with Crippen LogP contribution in [0.15, 0.2) is 24.3 Å². The lowest BCUT2D eigenvalue weighted by Crippen LogP contribution is -1.71. The molecule has 0 spiro atoms. The van der Waals surface area contributed by atoms with Gasteiger partial charge >= 0.3 is 0 Å². The van der Waals surface area contributed by atoms with E-state index in [0.717, 1.165) is 16.5 Å². The summed E-state index contributed by atoms with van der Waals surface area (Å²) in [6, 6.07) is 7.26. The molecule has 0 amide bonds. The number of nitrogens with one attached hydrogen (secondary N) is 1.